The molecule has 3 aliphatic heterocycles. The minimum Gasteiger partial charge on any atom is -0.466 e. The average Bonchev–Trinajstić information content (AvgIpc) is 2.97. The first kappa shape index (κ1) is 15.6. The Morgan fingerprint density at radius 1 is 1.52 bits per heavy atom. The Bertz CT molecular complexity index is 616. The highest BCUT2D eigenvalue weighted by atomic mass is 16.5. The third-order valence-corrected chi connectivity index (χ3v) is 4.52. The van der Waals surface area contributed by atoms with Gasteiger partial charge in [-0.25, -0.2) is 14.8 Å². The Kier molecular flexibility index (Phi) is 3.45. The monoisotopic (exact) mass is 324 g/mol. The molecule has 0 saturated carbocycles. The molecule has 23 heavy (non-hydrogen) atoms. The molecule has 1 saturated heterocycles. The molecule has 3 aliphatic rings. The lowest BCUT2D eigenvalue weighted by atomic mass is 9.85. The lowest BCUT2D eigenvalue weighted by Gasteiger charge is -2.48. The van der Waals surface area contributed by atoms with Crippen LogP contribution in [0.2, 0.25) is 0 Å². The number of hydrogen-bond donors (Lipinski definition) is 5. The number of carbonyl (C=O) groups excluding carboxylic acids is 1. The van der Waals surface area contributed by atoms with E-state index in [4.69, 9.17) is 11.5 Å². The van der Waals surface area contributed by atoms with Crippen molar-refractivity contribution >= 4 is 17.9 Å². The number of nitrogens with one attached hydrogen (secondary N) is 1. The summed E-state index contributed by atoms with van der Waals surface area (Å²) in [6, 6.07) is -1.13. The normalized spacial score (nSPS) is 34.5. The van der Waals surface area contributed by atoms with E-state index in [1.807, 2.05) is 0 Å². The number of aliphatic imine (C=N–C) groups is 2. The summed E-state index contributed by atoms with van der Waals surface area (Å²) in [6.07, 6.45) is 3.27. The molecule has 1 fully saturated rings. The first-order chi connectivity index (χ1) is 10.8. The number of hydrogen-bond acceptors (Lipinski definition) is 10. The topological polar surface area (TPSA) is 159 Å². The van der Waals surface area contributed by atoms with Crippen LogP contribution in [0.4, 0.5) is 0 Å². The Labute approximate surface area is 132 Å². The summed E-state index contributed by atoms with van der Waals surface area (Å²) in [6.45, 7) is 0.319. The standard InChI is InChI=1S/C13H20N6O4/c1-23-8(20)4-2-3-7-9-13(18-10(14)17-9)12(21,22)5-6-19(13)11(15)16-7/h2,4,7,9,21-22H,3,5-6H2,1H3,(H2,15,16)(H3,14,17,18)/b4-2+/t7-,9+,13+/m1/s1. The van der Waals surface area contributed by atoms with Crippen LogP contribution in [0.1, 0.15) is 12.8 Å². The number of guanidine groups is 2. The van der Waals surface area contributed by atoms with Gasteiger partial charge < -0.3 is 36.6 Å². The fraction of sp³-hybridized carbons (Fsp3) is 0.615. The van der Waals surface area contributed by atoms with Crippen LogP contribution >= 0.6 is 0 Å². The van der Waals surface area contributed by atoms with Gasteiger partial charge in [-0.05, 0) is 6.42 Å². The smallest absolute Gasteiger partial charge is 0.330 e. The summed E-state index contributed by atoms with van der Waals surface area (Å²) in [5, 5.41) is 23.8. The largest absolute Gasteiger partial charge is 0.466 e. The van der Waals surface area contributed by atoms with Crippen molar-refractivity contribution < 1.29 is 19.7 Å². The highest BCUT2D eigenvalue weighted by Gasteiger charge is 2.69. The second-order valence-electron chi connectivity index (χ2n) is 5.78. The van der Waals surface area contributed by atoms with Gasteiger partial charge in [0.25, 0.3) is 0 Å². The number of ether oxygens (including phenoxy) is 1. The number of nitrogens with two attached hydrogens (primary N) is 2. The van der Waals surface area contributed by atoms with Gasteiger partial charge in [-0.3, -0.25) is 0 Å². The summed E-state index contributed by atoms with van der Waals surface area (Å²) in [4.78, 5) is 21.4. The molecule has 0 radical (unpaired) electrons. The molecule has 10 heteroatoms. The van der Waals surface area contributed by atoms with Crippen LogP contribution in [0.15, 0.2) is 22.1 Å². The summed E-state index contributed by atoms with van der Waals surface area (Å²) < 4.78 is 4.53. The Morgan fingerprint density at radius 3 is 2.96 bits per heavy atom. The molecule has 7 N–H and O–H groups in total. The van der Waals surface area contributed by atoms with Crippen molar-refractivity contribution in [2.45, 2.75) is 36.4 Å². The number of methoxy groups -OCH3 is 1. The minimum absolute atomic E-state index is 0.0836. The van der Waals surface area contributed by atoms with Gasteiger partial charge in [0.1, 0.15) is 6.04 Å². The molecule has 0 aliphatic carbocycles. The Balaban J connectivity index is 1.93. The van der Waals surface area contributed by atoms with Crippen LogP contribution in [-0.2, 0) is 9.53 Å². The van der Waals surface area contributed by atoms with E-state index in [9.17, 15) is 15.0 Å². The van der Waals surface area contributed by atoms with Crippen LogP contribution in [0.5, 0.6) is 0 Å². The van der Waals surface area contributed by atoms with Crippen LogP contribution in [0, 0.1) is 0 Å². The first-order valence-electron chi connectivity index (χ1n) is 7.23. The average molecular weight is 324 g/mol. The van der Waals surface area contributed by atoms with Crippen molar-refractivity contribution in [1.29, 1.82) is 0 Å². The lowest BCUT2D eigenvalue weighted by Crippen LogP contribution is -2.76. The maximum Gasteiger partial charge on any atom is 0.330 e. The lowest BCUT2D eigenvalue weighted by molar-refractivity contribution is -0.221. The second-order valence-corrected chi connectivity index (χ2v) is 5.78. The molecule has 3 heterocycles. The first-order valence-corrected chi connectivity index (χ1v) is 7.23. The van der Waals surface area contributed by atoms with Gasteiger partial charge in [0, 0.05) is 19.0 Å². The molecule has 3 atom stereocenters. The Hall–Kier alpha value is -2.33. The predicted octanol–water partition coefficient (Wildman–Crippen LogP) is -2.83. The fourth-order valence-electron chi connectivity index (χ4n) is 3.48. The molecule has 0 aromatic carbocycles. The molecule has 126 valence electrons. The molecule has 10 nitrogen and oxygen atoms in total. The number of carbonyl (C=O) groups is 1. The number of esters is 1. The van der Waals surface area contributed by atoms with Gasteiger partial charge in [-0.1, -0.05) is 6.08 Å². The number of aliphatic hydroxyl groups is 2. The zero-order valence-electron chi connectivity index (χ0n) is 12.6. The highest BCUT2D eigenvalue weighted by Crippen LogP contribution is 2.44. The molecular formula is C13H20N6O4. The zero-order chi connectivity index (χ0) is 16.8. The quantitative estimate of drug-likeness (QED) is 0.211. The summed E-state index contributed by atoms with van der Waals surface area (Å²) in [7, 11) is 1.28. The van der Waals surface area contributed by atoms with Crippen molar-refractivity contribution in [2.75, 3.05) is 13.7 Å². The third-order valence-electron chi connectivity index (χ3n) is 4.52. The zero-order valence-corrected chi connectivity index (χ0v) is 12.6. The molecule has 0 unspecified atom stereocenters. The second kappa shape index (κ2) is 5.10. The van der Waals surface area contributed by atoms with E-state index < -0.39 is 29.5 Å². The summed E-state index contributed by atoms with van der Waals surface area (Å²) >= 11 is 0. The van der Waals surface area contributed by atoms with E-state index in [0.29, 0.717) is 13.0 Å². The van der Waals surface area contributed by atoms with Crippen molar-refractivity contribution in [2.24, 2.45) is 21.5 Å². The van der Waals surface area contributed by atoms with Crippen molar-refractivity contribution in [3.63, 3.8) is 0 Å². The fourth-order valence-corrected chi connectivity index (χ4v) is 3.48. The van der Waals surface area contributed by atoms with E-state index in [1.54, 1.807) is 11.0 Å². The van der Waals surface area contributed by atoms with Crippen LogP contribution in [0.25, 0.3) is 0 Å². The van der Waals surface area contributed by atoms with Crippen molar-refractivity contribution in [3.05, 3.63) is 12.2 Å². The molecule has 3 rings (SSSR count). The van der Waals surface area contributed by atoms with Gasteiger partial charge in [-0.15, -0.1) is 0 Å². The van der Waals surface area contributed by atoms with Gasteiger partial charge in [0.2, 0.25) is 5.79 Å². The number of nitrogens with zero attached hydrogens (tertiary/aromatic N) is 3. The maximum absolute atomic E-state index is 11.2. The summed E-state index contributed by atoms with van der Waals surface area (Å²) in [5.41, 5.74) is 10.4. The SMILES string of the molecule is COC(=O)/C=C/C[C@H]1N=C(N)N2CCC(O)(O)[C@@]23NC(N)=N[C@@H]13. The summed E-state index contributed by atoms with van der Waals surface area (Å²) in [5.74, 6) is -2.27. The van der Waals surface area contributed by atoms with E-state index in [0.717, 1.165) is 0 Å². The van der Waals surface area contributed by atoms with Gasteiger partial charge in [0.15, 0.2) is 17.6 Å². The van der Waals surface area contributed by atoms with Gasteiger partial charge in [-0.2, -0.15) is 0 Å². The molecule has 0 aromatic rings. The number of rotatable bonds is 3. The van der Waals surface area contributed by atoms with E-state index in [1.165, 1.54) is 13.2 Å². The molecule has 0 amide bonds. The van der Waals surface area contributed by atoms with Crippen LogP contribution < -0.4 is 16.8 Å². The van der Waals surface area contributed by atoms with Gasteiger partial charge >= 0.3 is 5.97 Å². The van der Waals surface area contributed by atoms with Crippen LogP contribution in [-0.4, -0.2) is 70.2 Å². The molecule has 0 aromatic heterocycles. The highest BCUT2D eigenvalue weighted by molar-refractivity contribution is 5.87. The minimum atomic E-state index is -2.06. The maximum atomic E-state index is 11.2. The van der Waals surface area contributed by atoms with Gasteiger partial charge in [0.05, 0.1) is 13.2 Å². The molecular weight excluding hydrogens is 304 g/mol. The van der Waals surface area contributed by atoms with Crippen molar-refractivity contribution in [1.82, 2.24) is 10.2 Å². The molecule has 1 spiro atoms. The third kappa shape index (κ3) is 2.13. The predicted molar refractivity (Wildman–Crippen MR) is 81.0 cm³/mol. The van der Waals surface area contributed by atoms with Crippen molar-refractivity contribution in [3.8, 4) is 0 Å². The Morgan fingerprint density at radius 2 is 2.26 bits per heavy atom. The van der Waals surface area contributed by atoms with E-state index >= 15 is 0 Å². The van der Waals surface area contributed by atoms with E-state index in [-0.39, 0.29) is 18.3 Å². The van der Waals surface area contributed by atoms with E-state index in [2.05, 4.69) is 20.0 Å². The molecule has 0 bridgehead atoms. The van der Waals surface area contributed by atoms with Crippen LogP contribution in [0.3, 0.4) is 0 Å².